The maximum atomic E-state index is 14.3. The van der Waals surface area contributed by atoms with E-state index in [4.69, 9.17) is 27.9 Å². The van der Waals surface area contributed by atoms with Crippen LogP contribution >= 0.6 is 35.1 Å². The first-order valence-corrected chi connectivity index (χ1v) is 13.2. The fourth-order valence-corrected chi connectivity index (χ4v) is 3.95. The molecule has 11 heteroatoms. The van der Waals surface area contributed by atoms with Gasteiger partial charge in [0.25, 0.3) is 5.91 Å². The van der Waals surface area contributed by atoms with E-state index in [0.29, 0.717) is 25.9 Å². The Balaban J connectivity index is 0.00000145. The van der Waals surface area contributed by atoms with Crippen molar-refractivity contribution in [3.8, 4) is 11.5 Å². The molecule has 35 heavy (non-hydrogen) atoms. The maximum Gasteiger partial charge on any atom is 0.387 e. The van der Waals surface area contributed by atoms with Crippen molar-refractivity contribution >= 4 is 46.7 Å². The predicted octanol–water partition coefficient (Wildman–Crippen LogP) is 7.84. The highest BCUT2D eigenvalue weighted by Crippen LogP contribution is 2.33. The molecular weight excluding hydrogens is 524 g/mol. The van der Waals surface area contributed by atoms with E-state index < -0.39 is 18.3 Å². The van der Waals surface area contributed by atoms with Crippen LogP contribution in [0.2, 0.25) is 10.0 Å². The van der Waals surface area contributed by atoms with Gasteiger partial charge in [0.15, 0.2) is 0 Å². The summed E-state index contributed by atoms with van der Waals surface area (Å²) >= 11 is 13.3. The fraction of sp³-hybridized carbons (Fsp3) is 0.458. The van der Waals surface area contributed by atoms with Crippen LogP contribution in [0, 0.1) is 5.82 Å². The number of anilines is 1. The van der Waals surface area contributed by atoms with Crippen LogP contribution in [0.4, 0.5) is 18.9 Å². The topological polar surface area (TPSA) is 50.8 Å². The van der Waals surface area contributed by atoms with Crippen molar-refractivity contribution in [3.05, 3.63) is 51.8 Å². The summed E-state index contributed by atoms with van der Waals surface area (Å²) in [6.45, 7) is 6.29. The number of carbonyl (C=O) groups excluding carboxylic acids is 1. The molecule has 0 aliphatic carbocycles. The highest BCUT2D eigenvalue weighted by Gasteiger charge is 2.24. The molecule has 1 amide bonds. The third kappa shape index (κ3) is 9.20. The maximum absolute atomic E-state index is 14.3. The Morgan fingerprint density at radius 1 is 1.06 bits per heavy atom. The van der Waals surface area contributed by atoms with Crippen molar-refractivity contribution in [2.75, 3.05) is 24.2 Å². The van der Waals surface area contributed by atoms with E-state index in [1.54, 1.807) is 18.4 Å². The van der Waals surface area contributed by atoms with Gasteiger partial charge in [-0.05, 0) is 24.3 Å². The second kappa shape index (κ2) is 15.9. The van der Waals surface area contributed by atoms with E-state index in [0.717, 1.165) is 23.7 Å². The first kappa shape index (κ1) is 31.1. The van der Waals surface area contributed by atoms with Crippen LogP contribution in [0.15, 0.2) is 30.3 Å². The van der Waals surface area contributed by atoms with Crippen molar-refractivity contribution < 1.29 is 27.4 Å². The normalized spacial score (nSPS) is 13.3. The van der Waals surface area contributed by atoms with E-state index in [1.165, 1.54) is 12.1 Å². The second-order valence-corrected chi connectivity index (χ2v) is 8.12. The molecule has 5 nitrogen and oxygen atoms in total. The monoisotopic (exact) mass is 554 g/mol. The number of hydrogen-bond acceptors (Lipinski definition) is 5. The lowest BCUT2D eigenvalue weighted by Crippen LogP contribution is -2.38. The van der Waals surface area contributed by atoms with Gasteiger partial charge in [0.1, 0.15) is 23.4 Å². The van der Waals surface area contributed by atoms with Crippen molar-refractivity contribution in [2.24, 2.45) is 0 Å². The lowest BCUT2D eigenvalue weighted by molar-refractivity contribution is -0.0497. The minimum absolute atomic E-state index is 0.0787. The predicted molar refractivity (Wildman–Crippen MR) is 139 cm³/mol. The Labute approximate surface area is 219 Å². The zero-order valence-corrected chi connectivity index (χ0v) is 22.7. The Kier molecular flexibility index (Phi) is 14.1. The number of benzene rings is 2. The van der Waals surface area contributed by atoms with Crippen LogP contribution in [0.25, 0.3) is 0 Å². The molecule has 1 saturated heterocycles. The number of piperidine rings is 1. The molecule has 0 radical (unpaired) electrons. The molecule has 0 spiro atoms. The Bertz CT molecular complexity index is 946. The smallest absolute Gasteiger partial charge is 0.387 e. The van der Waals surface area contributed by atoms with Gasteiger partial charge in [0.05, 0.1) is 15.6 Å². The number of amides is 1. The number of carbonyl (C=O) groups is 1. The molecule has 1 heterocycles. The number of nitrogens with one attached hydrogen (secondary N) is 1. The minimum atomic E-state index is -2.94. The van der Waals surface area contributed by atoms with Gasteiger partial charge in [-0.25, -0.2) is 4.39 Å². The molecule has 3 rings (SSSR count). The molecule has 0 atom stereocenters. The molecule has 0 aromatic heterocycles. The summed E-state index contributed by atoms with van der Waals surface area (Å²) in [5, 5.41) is 0.250. The number of alkyl halides is 2. The first-order valence-electron chi connectivity index (χ1n) is 11.3. The fourth-order valence-electron chi connectivity index (χ4n) is 3.23. The van der Waals surface area contributed by atoms with Gasteiger partial charge in [-0.1, -0.05) is 62.8 Å². The summed E-state index contributed by atoms with van der Waals surface area (Å²) in [5.74, 6) is -1.20. The molecule has 0 bridgehead atoms. The van der Waals surface area contributed by atoms with Gasteiger partial charge >= 0.3 is 6.61 Å². The quantitative estimate of drug-likeness (QED) is 0.353. The van der Waals surface area contributed by atoms with Gasteiger partial charge in [-0.3, -0.25) is 9.52 Å². The molecular formula is C24H31Cl2F3N2O3S. The number of ether oxygens (including phenoxy) is 2. The summed E-state index contributed by atoms with van der Waals surface area (Å²) in [6, 6.07) is 7.01. The van der Waals surface area contributed by atoms with Crippen molar-refractivity contribution in [1.82, 2.24) is 4.72 Å². The van der Waals surface area contributed by atoms with E-state index in [-0.39, 0.29) is 33.2 Å². The number of nitrogens with zero attached hydrogens (tertiary/aromatic N) is 1. The van der Waals surface area contributed by atoms with Crippen LogP contribution in [-0.4, -0.2) is 38.0 Å². The molecule has 0 saturated carbocycles. The van der Waals surface area contributed by atoms with Crippen molar-refractivity contribution in [3.63, 3.8) is 0 Å². The summed E-state index contributed by atoms with van der Waals surface area (Å²) in [7, 11) is 0. The number of hydrogen-bond donors (Lipinski definition) is 1. The highest BCUT2D eigenvalue weighted by molar-refractivity contribution is 7.97. The van der Waals surface area contributed by atoms with Crippen LogP contribution in [0.3, 0.4) is 0 Å². The van der Waals surface area contributed by atoms with Gasteiger partial charge < -0.3 is 14.4 Å². The SMILES string of the molecule is CC.CC.CSNC(=O)c1cc(Cl)c(OC2CCN(c3ccc(OC(F)F)c(Cl)c3)CC2)cc1F. The Hall–Kier alpha value is -1.97. The van der Waals surface area contributed by atoms with E-state index in [2.05, 4.69) is 9.46 Å². The molecule has 2 aromatic carbocycles. The average Bonchev–Trinajstić information content (AvgIpc) is 2.85. The number of halogens is 5. The number of rotatable bonds is 7. The average molecular weight is 555 g/mol. The zero-order chi connectivity index (χ0) is 26.5. The second-order valence-electron chi connectivity index (χ2n) is 6.70. The van der Waals surface area contributed by atoms with Crippen LogP contribution in [0.1, 0.15) is 50.9 Å². The molecule has 1 aliphatic heterocycles. The first-order chi connectivity index (χ1) is 16.8. The molecule has 1 N–H and O–H groups in total. The third-order valence-corrected chi connectivity index (χ3v) is 5.67. The van der Waals surface area contributed by atoms with Crippen LogP contribution in [-0.2, 0) is 0 Å². The van der Waals surface area contributed by atoms with E-state index >= 15 is 0 Å². The largest absolute Gasteiger partial charge is 0.489 e. The van der Waals surface area contributed by atoms with Gasteiger partial charge in [0.2, 0.25) is 0 Å². The van der Waals surface area contributed by atoms with Crippen LogP contribution in [0.5, 0.6) is 11.5 Å². The van der Waals surface area contributed by atoms with Crippen LogP contribution < -0.4 is 19.1 Å². The third-order valence-electron chi connectivity index (χ3n) is 4.69. The molecule has 1 fully saturated rings. The van der Waals surface area contributed by atoms with E-state index in [9.17, 15) is 18.0 Å². The Morgan fingerprint density at radius 3 is 2.20 bits per heavy atom. The van der Waals surface area contributed by atoms with Crippen molar-refractivity contribution in [1.29, 1.82) is 0 Å². The van der Waals surface area contributed by atoms with E-state index in [1.807, 2.05) is 32.6 Å². The summed E-state index contributed by atoms with van der Waals surface area (Å²) in [6.07, 6.45) is 2.70. The summed E-state index contributed by atoms with van der Waals surface area (Å²) in [5.41, 5.74) is 0.621. The Morgan fingerprint density at radius 2 is 1.66 bits per heavy atom. The van der Waals surface area contributed by atoms with Gasteiger partial charge in [0, 0.05) is 43.9 Å². The summed E-state index contributed by atoms with van der Waals surface area (Å²) in [4.78, 5) is 13.9. The lowest BCUT2D eigenvalue weighted by atomic mass is 10.1. The minimum Gasteiger partial charge on any atom is -0.489 e. The molecule has 1 aliphatic rings. The molecule has 0 unspecified atom stereocenters. The van der Waals surface area contributed by atoms with Crippen molar-refractivity contribution in [2.45, 2.75) is 53.3 Å². The lowest BCUT2D eigenvalue weighted by Gasteiger charge is -2.34. The summed E-state index contributed by atoms with van der Waals surface area (Å²) < 4.78 is 51.7. The highest BCUT2D eigenvalue weighted by atomic mass is 35.5. The molecule has 2 aromatic rings. The van der Waals surface area contributed by atoms with Gasteiger partial charge in [-0.15, -0.1) is 0 Å². The standard InChI is InChI=1S/C20H19Cl2F3N2O3S.2C2H6/c1-31-26-19(28)13-9-15(22)18(10-16(13)23)29-12-4-6-27(7-5-12)11-2-3-17(14(21)8-11)30-20(24)25;2*1-2/h2-3,8-10,12,20H,4-7H2,1H3,(H,26,28);2*1-2H3. The zero-order valence-electron chi connectivity index (χ0n) is 20.3. The van der Waals surface area contributed by atoms with Gasteiger partial charge in [-0.2, -0.15) is 8.78 Å². The molecule has 196 valence electrons.